The predicted octanol–water partition coefficient (Wildman–Crippen LogP) is 13.9. The van der Waals surface area contributed by atoms with Gasteiger partial charge in [0.15, 0.2) is 0 Å². The number of hydrogen-bond donors (Lipinski definition) is 3. The van der Waals surface area contributed by atoms with Crippen molar-refractivity contribution in [1.82, 2.24) is 0 Å². The molecular weight excluding hydrogens is 792 g/mol. The molecule has 11 heteroatoms. The summed E-state index contributed by atoms with van der Waals surface area (Å²) >= 11 is 0. The van der Waals surface area contributed by atoms with Crippen molar-refractivity contribution < 1.29 is 47.8 Å². The summed E-state index contributed by atoms with van der Waals surface area (Å²) in [6.07, 6.45) is 49.7. The van der Waals surface area contributed by atoms with E-state index in [0.29, 0.717) is 12.8 Å². The van der Waals surface area contributed by atoms with E-state index in [4.69, 9.17) is 18.5 Å². The lowest BCUT2D eigenvalue weighted by molar-refractivity contribution is -0.153. The molecule has 3 N–H and O–H groups in total. The fourth-order valence-corrected chi connectivity index (χ4v) is 7.79. The Morgan fingerprint density at radius 3 is 1.07 bits per heavy atom. The number of carbonyl (C=O) groups is 2. The van der Waals surface area contributed by atoms with Crippen LogP contribution in [0.3, 0.4) is 0 Å². The summed E-state index contributed by atoms with van der Waals surface area (Å²) in [5.41, 5.74) is 0. The van der Waals surface area contributed by atoms with Crippen LogP contribution in [0.25, 0.3) is 0 Å². The Bertz CT molecular complexity index is 1110. The number of hydrogen-bond acceptors (Lipinski definition) is 9. The van der Waals surface area contributed by atoms with Crippen LogP contribution >= 0.6 is 7.82 Å². The zero-order valence-electron chi connectivity index (χ0n) is 39.1. The van der Waals surface area contributed by atoms with Crippen molar-refractivity contribution in [2.45, 2.75) is 244 Å². The van der Waals surface area contributed by atoms with Gasteiger partial charge < -0.3 is 24.6 Å². The Hall–Kier alpha value is -1.81. The first-order chi connectivity index (χ1) is 29.8. The number of aliphatic hydroxyl groups excluding tert-OH is 2. The van der Waals surface area contributed by atoms with E-state index in [9.17, 15) is 29.3 Å². The summed E-state index contributed by atoms with van der Waals surface area (Å²) in [6.45, 7) is 2.21. The summed E-state index contributed by atoms with van der Waals surface area (Å²) < 4.78 is 32.7. The van der Waals surface area contributed by atoms with Crippen LogP contribution in [0.15, 0.2) is 36.5 Å². The second-order valence-corrected chi connectivity index (χ2v) is 18.3. The van der Waals surface area contributed by atoms with E-state index in [-0.39, 0.29) is 12.8 Å². The van der Waals surface area contributed by atoms with E-state index in [1.807, 2.05) is 0 Å². The van der Waals surface area contributed by atoms with E-state index in [2.05, 4.69) is 50.3 Å². The molecule has 0 amide bonds. The highest BCUT2D eigenvalue weighted by Gasteiger charge is 2.27. The highest BCUT2D eigenvalue weighted by molar-refractivity contribution is 7.47. The van der Waals surface area contributed by atoms with E-state index in [0.717, 1.165) is 70.6 Å². The zero-order chi connectivity index (χ0) is 44.8. The topological polar surface area (TPSA) is 149 Å². The first kappa shape index (κ1) is 59.2. The summed E-state index contributed by atoms with van der Waals surface area (Å²) in [6, 6.07) is 0. The molecule has 0 saturated carbocycles. The van der Waals surface area contributed by atoms with Gasteiger partial charge in [0.05, 0.1) is 26.4 Å². The van der Waals surface area contributed by atoms with Crippen molar-refractivity contribution in [1.29, 1.82) is 0 Å². The number of unbranched alkanes of at least 4 members (excludes halogenated alkanes) is 27. The van der Waals surface area contributed by atoms with Gasteiger partial charge in [0.1, 0.15) is 12.2 Å². The summed E-state index contributed by atoms with van der Waals surface area (Å²) in [7, 11) is -4.64. The fourth-order valence-electron chi connectivity index (χ4n) is 7.01. The van der Waals surface area contributed by atoms with Crippen LogP contribution in [-0.2, 0) is 32.7 Å². The van der Waals surface area contributed by atoms with E-state index < -0.39 is 58.4 Å². The van der Waals surface area contributed by atoms with Gasteiger partial charge in [-0.1, -0.05) is 204 Å². The second-order valence-electron chi connectivity index (χ2n) is 16.8. The Labute approximate surface area is 373 Å². The van der Waals surface area contributed by atoms with E-state index in [1.165, 1.54) is 122 Å². The Balaban J connectivity index is 3.86. The van der Waals surface area contributed by atoms with Crippen molar-refractivity contribution in [3.05, 3.63) is 36.5 Å². The van der Waals surface area contributed by atoms with E-state index >= 15 is 0 Å². The van der Waals surface area contributed by atoms with Gasteiger partial charge in [-0.25, -0.2) is 4.57 Å². The maximum atomic E-state index is 12.4. The predicted molar refractivity (Wildman–Crippen MR) is 251 cm³/mol. The summed E-state index contributed by atoms with van der Waals surface area (Å²) in [5, 5.41) is 19.2. The van der Waals surface area contributed by atoms with Gasteiger partial charge >= 0.3 is 19.8 Å². The van der Waals surface area contributed by atoms with Crippen LogP contribution in [-0.4, -0.2) is 65.7 Å². The lowest BCUT2D eigenvalue weighted by atomic mass is 10.0. The molecule has 10 nitrogen and oxygen atoms in total. The SMILES string of the molecule is CCCCC/C=C\C/C=C\C/C=C\CCCCCCCCC(=O)OC(CO)COP(=O)(O)OCC(CO)OC(=O)CCCCCCCCCCCCCCCCCCCCC. The van der Waals surface area contributed by atoms with Crippen LogP contribution < -0.4 is 0 Å². The third-order valence-electron chi connectivity index (χ3n) is 10.9. The van der Waals surface area contributed by atoms with E-state index in [1.54, 1.807) is 0 Å². The number of ether oxygens (including phenoxy) is 2. The molecule has 0 aliphatic carbocycles. The molecule has 0 spiro atoms. The molecule has 61 heavy (non-hydrogen) atoms. The van der Waals surface area contributed by atoms with Crippen LogP contribution in [0, 0.1) is 0 Å². The lowest BCUT2D eigenvalue weighted by Gasteiger charge is -2.20. The molecule has 358 valence electrons. The first-order valence-electron chi connectivity index (χ1n) is 24.9. The number of aliphatic hydroxyl groups is 2. The van der Waals surface area contributed by atoms with Crippen molar-refractivity contribution in [3.8, 4) is 0 Å². The molecule has 0 aliphatic rings. The highest BCUT2D eigenvalue weighted by atomic mass is 31.2. The summed E-state index contributed by atoms with van der Waals surface area (Å²) in [5.74, 6) is -1.02. The standard InChI is InChI=1S/C50H93O10P/c1-3-5-7-9-11-13-15-17-19-21-23-25-27-29-31-33-35-37-39-41-49(53)59-47(43-51)45-57-61(55,56)58-46-48(44-52)60-50(54)42-40-38-36-34-32-30-28-26-24-22-20-18-16-14-12-10-8-6-4-2/h11,13,17,19,23,25,47-48,51-52H,3-10,12,14-16,18,20-22,24,26-46H2,1-2H3,(H,55,56)/b13-11-,19-17-,25-23-. The van der Waals surface area contributed by atoms with Gasteiger partial charge in [-0.15, -0.1) is 0 Å². The van der Waals surface area contributed by atoms with Crippen LogP contribution in [0.2, 0.25) is 0 Å². The molecule has 0 aromatic heterocycles. The first-order valence-corrected chi connectivity index (χ1v) is 26.4. The smallest absolute Gasteiger partial charge is 0.457 e. The normalized spacial score (nSPS) is 14.0. The van der Waals surface area contributed by atoms with Crippen molar-refractivity contribution >= 4 is 19.8 Å². The second kappa shape index (κ2) is 46.2. The van der Waals surface area contributed by atoms with Gasteiger partial charge in [0, 0.05) is 12.8 Å². The summed E-state index contributed by atoms with van der Waals surface area (Å²) in [4.78, 5) is 34.7. The number of phosphoric ester groups is 1. The Morgan fingerprint density at radius 2 is 0.721 bits per heavy atom. The van der Waals surface area contributed by atoms with Crippen molar-refractivity contribution in [3.63, 3.8) is 0 Å². The maximum Gasteiger partial charge on any atom is 0.472 e. The molecule has 0 rings (SSSR count). The molecule has 0 heterocycles. The lowest BCUT2D eigenvalue weighted by Crippen LogP contribution is -2.28. The molecule has 3 unspecified atom stereocenters. The molecular formula is C50H93O10P. The zero-order valence-corrected chi connectivity index (χ0v) is 40.0. The van der Waals surface area contributed by atoms with Crippen molar-refractivity contribution in [2.75, 3.05) is 26.4 Å². The van der Waals surface area contributed by atoms with Gasteiger partial charge in [0.25, 0.3) is 0 Å². The molecule has 0 saturated heterocycles. The van der Waals surface area contributed by atoms with Gasteiger partial charge in [-0.05, 0) is 51.4 Å². The van der Waals surface area contributed by atoms with Gasteiger partial charge in [0.2, 0.25) is 0 Å². The number of esters is 2. The molecule has 0 aliphatic heterocycles. The van der Waals surface area contributed by atoms with Gasteiger partial charge in [-0.2, -0.15) is 0 Å². The monoisotopic (exact) mass is 885 g/mol. The number of phosphoric acid groups is 1. The minimum Gasteiger partial charge on any atom is -0.457 e. The average molecular weight is 885 g/mol. The molecule has 0 bridgehead atoms. The van der Waals surface area contributed by atoms with Crippen LogP contribution in [0.1, 0.15) is 232 Å². The molecule has 0 fully saturated rings. The van der Waals surface area contributed by atoms with Crippen LogP contribution in [0.5, 0.6) is 0 Å². The fraction of sp³-hybridized carbons (Fsp3) is 0.840. The third-order valence-corrected chi connectivity index (χ3v) is 11.8. The van der Waals surface area contributed by atoms with Crippen LogP contribution in [0.4, 0.5) is 0 Å². The number of allylic oxidation sites excluding steroid dienone is 6. The van der Waals surface area contributed by atoms with Crippen molar-refractivity contribution in [2.24, 2.45) is 0 Å². The third kappa shape index (κ3) is 44.6. The minimum atomic E-state index is -4.64. The average Bonchev–Trinajstić information content (AvgIpc) is 3.25. The van der Waals surface area contributed by atoms with Gasteiger partial charge in [-0.3, -0.25) is 18.6 Å². The highest BCUT2D eigenvalue weighted by Crippen LogP contribution is 2.43. The largest absolute Gasteiger partial charge is 0.472 e. The Morgan fingerprint density at radius 1 is 0.443 bits per heavy atom. The molecule has 0 radical (unpaired) electrons. The molecule has 0 aromatic rings. The minimum absolute atomic E-state index is 0.178. The number of rotatable bonds is 47. The maximum absolute atomic E-state index is 12.4. The number of carbonyl (C=O) groups excluding carboxylic acids is 2. The molecule has 0 aromatic carbocycles. The quantitative estimate of drug-likeness (QED) is 0.0233. The molecule has 3 atom stereocenters. The Kier molecular flexibility index (Phi) is 44.8.